The normalized spacial score (nSPS) is 18.3. The number of halogens is 1. The topological polar surface area (TPSA) is 56.3 Å². The van der Waals surface area contributed by atoms with Crippen molar-refractivity contribution in [1.82, 2.24) is 14.7 Å². The first-order chi connectivity index (χ1) is 8.69. The third-order valence-electron chi connectivity index (χ3n) is 3.53. The van der Waals surface area contributed by atoms with E-state index in [4.69, 9.17) is 22.1 Å². The van der Waals surface area contributed by atoms with Crippen LogP contribution in [0.15, 0.2) is 6.07 Å². The summed E-state index contributed by atoms with van der Waals surface area (Å²) in [6.07, 6.45) is 2.36. The first-order valence-corrected chi connectivity index (χ1v) is 6.77. The molecule has 0 bridgehead atoms. The Labute approximate surface area is 113 Å². The van der Waals surface area contributed by atoms with E-state index >= 15 is 0 Å². The Hall–Kier alpha value is -0.780. The van der Waals surface area contributed by atoms with E-state index in [2.05, 4.69) is 10.00 Å². The molecule has 1 aliphatic heterocycles. The number of methoxy groups -OCH3 is 1. The summed E-state index contributed by atoms with van der Waals surface area (Å²) in [6, 6.07) is 1.70. The van der Waals surface area contributed by atoms with Crippen LogP contribution in [0.4, 0.5) is 5.82 Å². The van der Waals surface area contributed by atoms with Crippen molar-refractivity contribution in [1.29, 1.82) is 0 Å². The minimum Gasteiger partial charge on any atom is -0.384 e. The van der Waals surface area contributed by atoms with Gasteiger partial charge in [-0.2, -0.15) is 5.10 Å². The number of piperidine rings is 1. The van der Waals surface area contributed by atoms with Gasteiger partial charge in [-0.1, -0.05) is 11.6 Å². The lowest BCUT2D eigenvalue weighted by Crippen LogP contribution is -2.37. The summed E-state index contributed by atoms with van der Waals surface area (Å²) in [7, 11) is 1.75. The standard InChI is InChI=1S/C12H21ClN4O/c1-18-7-6-16-4-2-10(3-5-16)9-17-12(14)8-11(13)15-17/h8,10H,2-7,9,14H2,1H3. The van der Waals surface area contributed by atoms with Gasteiger partial charge in [-0.15, -0.1) is 0 Å². The number of hydrogen-bond donors (Lipinski definition) is 1. The molecule has 0 aromatic carbocycles. The van der Waals surface area contributed by atoms with Crippen LogP contribution in [0.1, 0.15) is 12.8 Å². The summed E-state index contributed by atoms with van der Waals surface area (Å²) in [6.45, 7) is 4.97. The molecule has 5 nitrogen and oxygen atoms in total. The van der Waals surface area contributed by atoms with Gasteiger partial charge in [0.15, 0.2) is 5.15 Å². The van der Waals surface area contributed by atoms with E-state index in [1.807, 2.05) is 4.68 Å². The van der Waals surface area contributed by atoms with Gasteiger partial charge in [-0.05, 0) is 31.8 Å². The van der Waals surface area contributed by atoms with Crippen molar-refractivity contribution in [3.05, 3.63) is 11.2 Å². The number of rotatable bonds is 5. The highest BCUT2D eigenvalue weighted by Crippen LogP contribution is 2.21. The van der Waals surface area contributed by atoms with Gasteiger partial charge < -0.3 is 15.4 Å². The van der Waals surface area contributed by atoms with Gasteiger partial charge in [-0.3, -0.25) is 0 Å². The molecule has 0 saturated carbocycles. The third-order valence-corrected chi connectivity index (χ3v) is 3.72. The summed E-state index contributed by atoms with van der Waals surface area (Å²) < 4.78 is 6.92. The van der Waals surface area contributed by atoms with Crippen molar-refractivity contribution in [3.63, 3.8) is 0 Å². The minimum absolute atomic E-state index is 0.477. The van der Waals surface area contributed by atoms with Crippen LogP contribution in [0, 0.1) is 5.92 Å². The molecule has 1 aromatic heterocycles. The number of nitrogens with zero attached hydrogens (tertiary/aromatic N) is 3. The van der Waals surface area contributed by atoms with Crippen LogP contribution in [-0.4, -0.2) is 48.0 Å². The predicted octanol–water partition coefficient (Wildman–Crippen LogP) is 1.48. The molecule has 1 fully saturated rings. The van der Waals surface area contributed by atoms with Gasteiger partial charge in [0, 0.05) is 26.3 Å². The summed E-state index contributed by atoms with van der Waals surface area (Å²) in [5.41, 5.74) is 5.84. The van der Waals surface area contributed by atoms with E-state index in [0.717, 1.165) is 32.8 Å². The maximum absolute atomic E-state index is 5.84. The summed E-state index contributed by atoms with van der Waals surface area (Å²) in [5.74, 6) is 1.30. The highest BCUT2D eigenvalue weighted by Gasteiger charge is 2.20. The lowest BCUT2D eigenvalue weighted by Gasteiger charge is -2.31. The predicted molar refractivity (Wildman–Crippen MR) is 72.7 cm³/mol. The molecule has 1 saturated heterocycles. The molecule has 6 heteroatoms. The molecule has 0 spiro atoms. The fourth-order valence-corrected chi connectivity index (χ4v) is 2.61. The molecular formula is C12H21ClN4O. The van der Waals surface area contributed by atoms with Crippen LogP contribution in [0.2, 0.25) is 5.15 Å². The second-order valence-corrected chi connectivity index (χ2v) is 5.24. The maximum Gasteiger partial charge on any atom is 0.153 e. The monoisotopic (exact) mass is 272 g/mol. The molecule has 0 unspecified atom stereocenters. The van der Waals surface area contributed by atoms with Crippen LogP contribution >= 0.6 is 11.6 Å². The van der Waals surface area contributed by atoms with E-state index in [1.165, 1.54) is 12.8 Å². The van der Waals surface area contributed by atoms with E-state index in [-0.39, 0.29) is 0 Å². The second-order valence-electron chi connectivity index (χ2n) is 4.85. The smallest absolute Gasteiger partial charge is 0.153 e. The number of nitrogens with two attached hydrogens (primary N) is 1. The van der Waals surface area contributed by atoms with Crippen molar-refractivity contribution < 1.29 is 4.74 Å². The molecule has 1 aliphatic rings. The quantitative estimate of drug-likeness (QED) is 0.882. The third kappa shape index (κ3) is 3.60. The van der Waals surface area contributed by atoms with Gasteiger partial charge in [0.2, 0.25) is 0 Å². The van der Waals surface area contributed by atoms with Crippen LogP contribution in [0.5, 0.6) is 0 Å². The summed E-state index contributed by atoms with van der Waals surface area (Å²) in [4.78, 5) is 2.44. The van der Waals surface area contributed by atoms with Crippen molar-refractivity contribution in [2.45, 2.75) is 19.4 Å². The van der Waals surface area contributed by atoms with Gasteiger partial charge in [0.25, 0.3) is 0 Å². The lowest BCUT2D eigenvalue weighted by atomic mass is 9.97. The maximum atomic E-state index is 5.84. The van der Waals surface area contributed by atoms with E-state index in [0.29, 0.717) is 16.9 Å². The molecule has 0 amide bonds. The van der Waals surface area contributed by atoms with E-state index in [1.54, 1.807) is 13.2 Å². The van der Waals surface area contributed by atoms with Gasteiger partial charge in [0.1, 0.15) is 5.82 Å². The number of ether oxygens (including phenoxy) is 1. The Balaban J connectivity index is 1.78. The first kappa shape index (κ1) is 13.6. The Bertz CT molecular complexity index is 374. The van der Waals surface area contributed by atoms with Crippen molar-refractivity contribution in [2.24, 2.45) is 5.92 Å². The van der Waals surface area contributed by atoms with Gasteiger partial charge in [-0.25, -0.2) is 4.68 Å². The fraction of sp³-hybridized carbons (Fsp3) is 0.750. The zero-order valence-electron chi connectivity index (χ0n) is 10.8. The van der Waals surface area contributed by atoms with Crippen LogP contribution < -0.4 is 5.73 Å². The van der Waals surface area contributed by atoms with Crippen molar-refractivity contribution >= 4 is 17.4 Å². The van der Waals surface area contributed by atoms with E-state index < -0.39 is 0 Å². The molecule has 1 aromatic rings. The Morgan fingerprint density at radius 3 is 2.78 bits per heavy atom. The van der Waals surface area contributed by atoms with Gasteiger partial charge >= 0.3 is 0 Å². The zero-order chi connectivity index (χ0) is 13.0. The number of hydrogen-bond acceptors (Lipinski definition) is 4. The zero-order valence-corrected chi connectivity index (χ0v) is 11.6. The molecule has 0 atom stereocenters. The average molecular weight is 273 g/mol. The molecule has 2 rings (SSSR count). The number of anilines is 1. The number of nitrogen functional groups attached to an aromatic ring is 1. The number of aromatic nitrogens is 2. The fourth-order valence-electron chi connectivity index (χ4n) is 2.40. The Morgan fingerprint density at radius 2 is 2.22 bits per heavy atom. The average Bonchev–Trinajstić information content (AvgIpc) is 2.67. The van der Waals surface area contributed by atoms with E-state index in [9.17, 15) is 0 Å². The van der Waals surface area contributed by atoms with Crippen LogP contribution in [0.3, 0.4) is 0 Å². The first-order valence-electron chi connectivity index (χ1n) is 6.39. The molecular weight excluding hydrogens is 252 g/mol. The molecule has 2 N–H and O–H groups in total. The largest absolute Gasteiger partial charge is 0.384 e. The molecule has 18 heavy (non-hydrogen) atoms. The van der Waals surface area contributed by atoms with Crippen LogP contribution in [-0.2, 0) is 11.3 Å². The van der Waals surface area contributed by atoms with Crippen molar-refractivity contribution in [3.8, 4) is 0 Å². The summed E-state index contributed by atoms with van der Waals surface area (Å²) in [5, 5.41) is 4.67. The van der Waals surface area contributed by atoms with Crippen LogP contribution in [0.25, 0.3) is 0 Å². The van der Waals surface area contributed by atoms with Gasteiger partial charge in [0.05, 0.1) is 6.61 Å². The number of likely N-dealkylation sites (tertiary alicyclic amines) is 1. The van der Waals surface area contributed by atoms with Crippen molar-refractivity contribution in [2.75, 3.05) is 39.1 Å². The molecule has 2 heterocycles. The molecule has 0 radical (unpaired) electrons. The highest BCUT2D eigenvalue weighted by atomic mass is 35.5. The Kier molecular flexibility index (Phi) is 4.86. The molecule has 102 valence electrons. The highest BCUT2D eigenvalue weighted by molar-refractivity contribution is 6.29. The second kappa shape index (κ2) is 6.41. The SMILES string of the molecule is COCCN1CCC(Cn2nc(Cl)cc2N)CC1. The Morgan fingerprint density at radius 1 is 1.50 bits per heavy atom. The lowest BCUT2D eigenvalue weighted by molar-refractivity contribution is 0.116. The molecule has 0 aliphatic carbocycles. The summed E-state index contributed by atoms with van der Waals surface area (Å²) >= 11 is 5.83. The minimum atomic E-state index is 0.477.